The highest BCUT2D eigenvalue weighted by Gasteiger charge is 1.99. The molecule has 0 aliphatic heterocycles. The molecule has 3 aromatic rings. The Bertz CT molecular complexity index is 797. The van der Waals surface area contributed by atoms with Gasteiger partial charge in [-0.05, 0) is 35.9 Å². The van der Waals surface area contributed by atoms with E-state index in [1.165, 1.54) is 0 Å². The molecule has 0 bridgehead atoms. The minimum Gasteiger partial charge on any atom is -0.438 e. The molecule has 0 unspecified atom stereocenters. The van der Waals surface area contributed by atoms with E-state index in [1.807, 2.05) is 103 Å². The van der Waals surface area contributed by atoms with E-state index >= 15 is 0 Å². The van der Waals surface area contributed by atoms with Crippen LogP contribution in [0.3, 0.4) is 0 Å². The number of hydrazone groups is 1. The predicted molar refractivity (Wildman–Crippen MR) is 100 cm³/mol. The molecule has 3 rings (SSSR count). The number of nitrogens with zero attached hydrogens (tertiary/aromatic N) is 1. The molecule has 3 heteroatoms. The summed E-state index contributed by atoms with van der Waals surface area (Å²) in [5.74, 6) is 1.22. The average Bonchev–Trinajstić information content (AvgIpc) is 2.66. The van der Waals surface area contributed by atoms with Gasteiger partial charge in [-0.2, -0.15) is 0 Å². The van der Waals surface area contributed by atoms with Crippen LogP contribution in [0, 0.1) is 0 Å². The summed E-state index contributed by atoms with van der Waals surface area (Å²) in [6, 6.07) is 29.4. The van der Waals surface area contributed by atoms with Crippen molar-refractivity contribution in [2.75, 3.05) is 5.43 Å². The van der Waals surface area contributed by atoms with Crippen LogP contribution in [0.1, 0.15) is 5.56 Å². The molecule has 0 aliphatic rings. The van der Waals surface area contributed by atoms with Crippen LogP contribution in [-0.2, 0) is 0 Å². The van der Waals surface area contributed by atoms with Gasteiger partial charge in [0.1, 0.15) is 5.75 Å². The number of nitrogens with one attached hydrogen (secondary N) is 1. The third kappa shape index (κ3) is 4.85. The second-order valence-corrected chi connectivity index (χ2v) is 5.09. The molecule has 3 aromatic carbocycles. The van der Waals surface area contributed by atoms with Crippen molar-refractivity contribution in [3.05, 3.63) is 103 Å². The first kappa shape index (κ1) is 15.6. The molecule has 0 fully saturated rings. The zero-order valence-electron chi connectivity index (χ0n) is 13.2. The van der Waals surface area contributed by atoms with E-state index in [1.54, 1.807) is 0 Å². The number of hydrogen-bond acceptors (Lipinski definition) is 3. The van der Waals surface area contributed by atoms with Gasteiger partial charge < -0.3 is 4.74 Å². The maximum absolute atomic E-state index is 5.86. The predicted octanol–water partition coefficient (Wildman–Crippen LogP) is 5.20. The zero-order valence-corrected chi connectivity index (χ0v) is 13.2. The molecular formula is C21H18N2O. The largest absolute Gasteiger partial charge is 0.438 e. The van der Waals surface area contributed by atoms with E-state index < -0.39 is 0 Å². The topological polar surface area (TPSA) is 33.6 Å². The van der Waals surface area contributed by atoms with Crippen molar-refractivity contribution in [2.24, 2.45) is 5.10 Å². The first-order valence-corrected chi connectivity index (χ1v) is 7.75. The SMILES string of the molecule is C(=C\c1ccccc1)/C(=N/Nc1ccccc1)Oc1ccccc1. The van der Waals surface area contributed by atoms with Gasteiger partial charge in [0.15, 0.2) is 0 Å². The maximum Gasteiger partial charge on any atom is 0.236 e. The molecule has 0 atom stereocenters. The highest BCUT2D eigenvalue weighted by atomic mass is 16.5. The van der Waals surface area contributed by atoms with E-state index in [-0.39, 0.29) is 0 Å². The third-order valence-electron chi connectivity index (χ3n) is 3.25. The van der Waals surface area contributed by atoms with Crippen LogP contribution in [-0.4, -0.2) is 5.90 Å². The van der Waals surface area contributed by atoms with Gasteiger partial charge in [0.25, 0.3) is 0 Å². The quantitative estimate of drug-likeness (QED) is 0.399. The lowest BCUT2D eigenvalue weighted by Crippen LogP contribution is -2.08. The van der Waals surface area contributed by atoms with Gasteiger partial charge in [-0.1, -0.05) is 66.7 Å². The molecular weight excluding hydrogens is 296 g/mol. The van der Waals surface area contributed by atoms with Crippen molar-refractivity contribution in [2.45, 2.75) is 0 Å². The van der Waals surface area contributed by atoms with Crippen molar-refractivity contribution in [1.29, 1.82) is 0 Å². The first-order chi connectivity index (χ1) is 11.9. The lowest BCUT2D eigenvalue weighted by Gasteiger charge is -2.06. The molecule has 0 radical (unpaired) electrons. The van der Waals surface area contributed by atoms with Crippen LogP contribution in [0.15, 0.2) is 102 Å². The fourth-order valence-corrected chi connectivity index (χ4v) is 2.07. The number of hydrogen-bond donors (Lipinski definition) is 1. The van der Waals surface area contributed by atoms with Crippen molar-refractivity contribution in [3.8, 4) is 5.75 Å². The lowest BCUT2D eigenvalue weighted by atomic mass is 10.2. The summed E-state index contributed by atoms with van der Waals surface area (Å²) in [7, 11) is 0. The van der Waals surface area contributed by atoms with E-state index in [4.69, 9.17) is 4.74 Å². The summed E-state index contributed by atoms with van der Waals surface area (Å²) in [6.07, 6.45) is 3.81. The van der Waals surface area contributed by atoms with Crippen LogP contribution >= 0.6 is 0 Å². The summed E-state index contributed by atoms with van der Waals surface area (Å²) >= 11 is 0. The Hall–Kier alpha value is -3.33. The monoisotopic (exact) mass is 314 g/mol. The molecule has 1 N–H and O–H groups in total. The Morgan fingerprint density at radius 2 is 1.33 bits per heavy atom. The van der Waals surface area contributed by atoms with Crippen molar-refractivity contribution in [3.63, 3.8) is 0 Å². The van der Waals surface area contributed by atoms with Crippen LogP contribution < -0.4 is 10.2 Å². The minimum absolute atomic E-state index is 0.480. The Kier molecular flexibility index (Phi) is 5.41. The molecule has 0 spiro atoms. The minimum atomic E-state index is 0.480. The number of rotatable bonds is 5. The molecule has 0 aromatic heterocycles. The van der Waals surface area contributed by atoms with Gasteiger partial charge in [0.05, 0.1) is 5.69 Å². The van der Waals surface area contributed by atoms with Crippen molar-refractivity contribution < 1.29 is 4.74 Å². The zero-order chi connectivity index (χ0) is 16.5. The molecule has 24 heavy (non-hydrogen) atoms. The fourth-order valence-electron chi connectivity index (χ4n) is 2.07. The maximum atomic E-state index is 5.86. The lowest BCUT2D eigenvalue weighted by molar-refractivity contribution is 0.554. The molecule has 118 valence electrons. The first-order valence-electron chi connectivity index (χ1n) is 7.75. The number of anilines is 1. The van der Waals surface area contributed by atoms with Crippen LogP contribution in [0.25, 0.3) is 6.08 Å². The smallest absolute Gasteiger partial charge is 0.236 e. The van der Waals surface area contributed by atoms with Crippen LogP contribution in [0.4, 0.5) is 5.69 Å². The number of para-hydroxylation sites is 2. The molecule has 0 saturated heterocycles. The summed E-state index contributed by atoms with van der Waals surface area (Å²) in [5, 5.41) is 4.36. The Morgan fingerprint density at radius 1 is 0.750 bits per heavy atom. The molecule has 0 aliphatic carbocycles. The van der Waals surface area contributed by atoms with Gasteiger partial charge in [-0.3, -0.25) is 5.43 Å². The second-order valence-electron chi connectivity index (χ2n) is 5.09. The molecule has 0 saturated carbocycles. The van der Waals surface area contributed by atoms with Crippen LogP contribution in [0.5, 0.6) is 5.75 Å². The van der Waals surface area contributed by atoms with E-state index in [2.05, 4.69) is 10.5 Å². The van der Waals surface area contributed by atoms with Gasteiger partial charge in [-0.15, -0.1) is 5.10 Å². The molecule has 3 nitrogen and oxygen atoms in total. The van der Waals surface area contributed by atoms with Crippen molar-refractivity contribution >= 4 is 17.7 Å². The second kappa shape index (κ2) is 8.34. The standard InChI is InChI=1S/C21H18N2O/c1-4-10-18(11-5-1)16-17-21(24-20-14-8-3-9-15-20)23-22-19-12-6-2-7-13-19/h1-17,22H/b17-16+,23-21-. The van der Waals surface area contributed by atoms with Crippen molar-refractivity contribution in [1.82, 2.24) is 0 Å². The van der Waals surface area contributed by atoms with E-state index in [0.717, 1.165) is 17.0 Å². The molecule has 0 amide bonds. The Labute approximate surface area is 141 Å². The summed E-state index contributed by atoms with van der Waals surface area (Å²) in [5.41, 5.74) is 5.00. The fraction of sp³-hybridized carbons (Fsp3) is 0. The van der Waals surface area contributed by atoms with Crippen LogP contribution in [0.2, 0.25) is 0 Å². The van der Waals surface area contributed by atoms with Gasteiger partial charge >= 0.3 is 0 Å². The van der Waals surface area contributed by atoms with Gasteiger partial charge in [-0.25, -0.2) is 0 Å². The average molecular weight is 314 g/mol. The van der Waals surface area contributed by atoms with Gasteiger partial charge in [0.2, 0.25) is 5.90 Å². The highest BCUT2D eigenvalue weighted by molar-refractivity contribution is 5.93. The summed E-state index contributed by atoms with van der Waals surface area (Å²) in [4.78, 5) is 0. The van der Waals surface area contributed by atoms with E-state index in [0.29, 0.717) is 5.90 Å². The summed E-state index contributed by atoms with van der Waals surface area (Å²) in [6.45, 7) is 0. The highest BCUT2D eigenvalue weighted by Crippen LogP contribution is 2.11. The number of ether oxygens (including phenoxy) is 1. The summed E-state index contributed by atoms with van der Waals surface area (Å²) < 4.78 is 5.86. The Morgan fingerprint density at radius 3 is 2.00 bits per heavy atom. The van der Waals surface area contributed by atoms with E-state index in [9.17, 15) is 0 Å². The third-order valence-corrected chi connectivity index (χ3v) is 3.25. The van der Waals surface area contributed by atoms with Gasteiger partial charge in [0, 0.05) is 6.08 Å². The number of benzene rings is 3. The Balaban J connectivity index is 1.78. The molecule has 0 heterocycles. The normalized spacial score (nSPS) is 11.4.